The van der Waals surface area contributed by atoms with Crippen LogP contribution in [0.4, 0.5) is 0 Å². The topological polar surface area (TPSA) is 67.5 Å². The van der Waals surface area contributed by atoms with Crippen LogP contribution in [0.5, 0.6) is 0 Å². The molecule has 6 aromatic rings. The van der Waals surface area contributed by atoms with E-state index in [1.165, 1.54) is 5.56 Å². The predicted molar refractivity (Wildman–Crippen MR) is 167 cm³/mol. The van der Waals surface area contributed by atoms with Crippen molar-refractivity contribution >= 4 is 22.7 Å². The van der Waals surface area contributed by atoms with Gasteiger partial charge in [0.05, 0.1) is 6.42 Å². The fraction of sp³-hybridized carbons (Fsp3) is 0.105. The summed E-state index contributed by atoms with van der Waals surface area (Å²) in [5, 5.41) is 10.1. The minimum atomic E-state index is -0.970. The van der Waals surface area contributed by atoms with Crippen LogP contribution in [0.3, 0.4) is 0 Å². The highest BCUT2D eigenvalue weighted by Gasteiger charge is 2.18. The molecule has 6 rings (SSSR count). The number of hydrogen-bond donors (Lipinski definition) is 1. The number of carbonyl (C=O) groups excluding carboxylic acids is 1. The Hall–Kier alpha value is -5.22. The zero-order chi connectivity index (χ0) is 28.9. The highest BCUT2D eigenvalue weighted by atomic mass is 16.4. The molecule has 0 saturated heterocycles. The van der Waals surface area contributed by atoms with Gasteiger partial charge in [0.25, 0.3) is 0 Å². The average molecular weight is 551 g/mol. The molecule has 0 fully saturated rings. The first-order chi connectivity index (χ1) is 20.5. The van der Waals surface area contributed by atoms with Gasteiger partial charge in [-0.3, -0.25) is 9.59 Å². The molecular formula is C38H30O4. The molecule has 0 radical (unpaired) electrons. The smallest absolute Gasteiger partial charge is 0.303 e. The molecule has 1 N–H and O–H groups in total. The summed E-state index contributed by atoms with van der Waals surface area (Å²) in [5.74, 6) is -0.197. The Labute approximate surface area is 244 Å². The van der Waals surface area contributed by atoms with E-state index in [1.807, 2.05) is 72.8 Å². The van der Waals surface area contributed by atoms with Crippen LogP contribution < -0.4 is 0 Å². The van der Waals surface area contributed by atoms with Gasteiger partial charge >= 0.3 is 5.97 Å². The van der Waals surface area contributed by atoms with Gasteiger partial charge in [-0.25, -0.2) is 0 Å². The number of benzene rings is 5. The molecule has 4 heteroatoms. The molecule has 4 nitrogen and oxygen atoms in total. The number of carbonyl (C=O) groups is 2. The monoisotopic (exact) mass is 550 g/mol. The van der Waals surface area contributed by atoms with Crippen molar-refractivity contribution in [3.05, 3.63) is 155 Å². The summed E-state index contributed by atoms with van der Waals surface area (Å²) in [7, 11) is 0. The molecule has 0 saturated carbocycles. The fourth-order valence-electron chi connectivity index (χ4n) is 5.51. The summed E-state index contributed by atoms with van der Waals surface area (Å²) in [6.45, 7) is 0. The normalized spacial score (nSPS) is 11.0. The van der Waals surface area contributed by atoms with Gasteiger partial charge in [-0.2, -0.15) is 0 Å². The average Bonchev–Trinajstić information content (AvgIpc) is 3.38. The van der Waals surface area contributed by atoms with Crippen LogP contribution >= 0.6 is 0 Å². The molecule has 42 heavy (non-hydrogen) atoms. The quantitative estimate of drug-likeness (QED) is 0.173. The lowest BCUT2D eigenvalue weighted by molar-refractivity contribution is -0.136. The Balaban J connectivity index is 1.37. The SMILES string of the molecule is O=C(O)CCC(=O)c1ccc(-c2ccc(-c3c(Cc4ccccc4)oc4ccccc34)cc2)c(Cc2ccccc2)c1. The molecule has 0 aliphatic carbocycles. The van der Waals surface area contributed by atoms with Gasteiger partial charge < -0.3 is 9.52 Å². The van der Waals surface area contributed by atoms with E-state index in [0.717, 1.165) is 50.1 Å². The third kappa shape index (κ3) is 5.93. The first-order valence-corrected chi connectivity index (χ1v) is 14.1. The molecule has 1 aromatic heterocycles. The summed E-state index contributed by atoms with van der Waals surface area (Å²) in [4.78, 5) is 23.8. The first kappa shape index (κ1) is 27.0. The van der Waals surface area contributed by atoms with Crippen LogP contribution in [0.1, 0.15) is 45.7 Å². The van der Waals surface area contributed by atoms with Crippen LogP contribution in [-0.4, -0.2) is 16.9 Å². The van der Waals surface area contributed by atoms with E-state index in [0.29, 0.717) is 18.4 Å². The van der Waals surface area contributed by atoms with Gasteiger partial charge in [0.15, 0.2) is 5.78 Å². The zero-order valence-corrected chi connectivity index (χ0v) is 23.1. The highest BCUT2D eigenvalue weighted by molar-refractivity contribution is 5.98. The summed E-state index contributed by atoms with van der Waals surface area (Å²) in [6, 6.07) is 42.9. The number of para-hydroxylation sites is 1. The Bertz CT molecular complexity index is 1850. The van der Waals surface area contributed by atoms with Gasteiger partial charge in [0.2, 0.25) is 0 Å². The number of rotatable bonds is 10. The highest BCUT2D eigenvalue weighted by Crippen LogP contribution is 2.37. The standard InChI is InChI=1S/C38H30O4/c39-34(21-22-37(40)41)30-19-20-32(31(25-30)23-26-9-3-1-4-10-26)28-15-17-29(18-16-28)38-33-13-7-8-14-35(33)42-36(38)24-27-11-5-2-6-12-27/h1-20,25H,21-24H2,(H,40,41). The van der Waals surface area contributed by atoms with Gasteiger partial charge in [-0.05, 0) is 51.9 Å². The summed E-state index contributed by atoms with van der Waals surface area (Å²) < 4.78 is 6.36. The van der Waals surface area contributed by atoms with Crippen molar-refractivity contribution in [2.75, 3.05) is 0 Å². The van der Waals surface area contributed by atoms with E-state index in [1.54, 1.807) is 0 Å². The molecular weight excluding hydrogens is 520 g/mol. The third-order valence-electron chi connectivity index (χ3n) is 7.59. The minimum Gasteiger partial charge on any atom is -0.481 e. The van der Waals surface area contributed by atoms with Crippen molar-refractivity contribution in [3.63, 3.8) is 0 Å². The van der Waals surface area contributed by atoms with Crippen LogP contribution in [-0.2, 0) is 17.6 Å². The number of fused-ring (bicyclic) bond motifs is 1. The Morgan fingerprint density at radius 1 is 0.619 bits per heavy atom. The number of Topliss-reactive ketones (excluding diaryl/α,β-unsaturated/α-hetero) is 1. The van der Waals surface area contributed by atoms with Gasteiger partial charge in [-0.1, -0.05) is 115 Å². The molecule has 0 spiro atoms. The number of carboxylic acids is 1. The summed E-state index contributed by atoms with van der Waals surface area (Å²) in [5.41, 5.74) is 9.04. The minimum absolute atomic E-state index is 0.0157. The number of aliphatic carboxylic acids is 1. The Morgan fingerprint density at radius 2 is 1.24 bits per heavy atom. The van der Waals surface area contributed by atoms with Crippen LogP contribution in [0, 0.1) is 0 Å². The number of hydrogen-bond acceptors (Lipinski definition) is 3. The fourth-order valence-corrected chi connectivity index (χ4v) is 5.51. The zero-order valence-electron chi connectivity index (χ0n) is 23.1. The Kier molecular flexibility index (Phi) is 7.78. The van der Waals surface area contributed by atoms with E-state index in [2.05, 4.69) is 54.6 Å². The summed E-state index contributed by atoms with van der Waals surface area (Å²) in [6.07, 6.45) is 1.17. The van der Waals surface area contributed by atoms with Gasteiger partial charge in [-0.15, -0.1) is 0 Å². The van der Waals surface area contributed by atoms with Gasteiger partial charge in [0.1, 0.15) is 11.3 Å². The lowest BCUT2D eigenvalue weighted by Crippen LogP contribution is -2.05. The largest absolute Gasteiger partial charge is 0.481 e. The van der Waals surface area contributed by atoms with Crippen molar-refractivity contribution in [1.82, 2.24) is 0 Å². The predicted octanol–water partition coefficient (Wildman–Crippen LogP) is 9.00. The summed E-state index contributed by atoms with van der Waals surface area (Å²) >= 11 is 0. The van der Waals surface area contributed by atoms with E-state index < -0.39 is 5.97 Å². The number of furan rings is 1. The van der Waals surface area contributed by atoms with E-state index in [4.69, 9.17) is 9.52 Å². The molecule has 1 heterocycles. The van der Waals surface area contributed by atoms with Crippen molar-refractivity contribution in [1.29, 1.82) is 0 Å². The van der Waals surface area contributed by atoms with E-state index >= 15 is 0 Å². The molecule has 0 amide bonds. The lowest BCUT2D eigenvalue weighted by Gasteiger charge is -2.13. The molecule has 0 unspecified atom stereocenters. The second kappa shape index (κ2) is 12.1. The van der Waals surface area contributed by atoms with Crippen molar-refractivity contribution in [3.8, 4) is 22.3 Å². The van der Waals surface area contributed by atoms with Crippen LogP contribution in [0.2, 0.25) is 0 Å². The molecule has 0 atom stereocenters. The molecule has 206 valence electrons. The lowest BCUT2D eigenvalue weighted by atomic mass is 9.90. The molecule has 0 aliphatic rings. The molecule has 0 aliphatic heterocycles. The van der Waals surface area contributed by atoms with Crippen molar-refractivity contribution in [2.24, 2.45) is 0 Å². The van der Waals surface area contributed by atoms with E-state index in [-0.39, 0.29) is 18.6 Å². The van der Waals surface area contributed by atoms with Crippen LogP contribution in [0.25, 0.3) is 33.2 Å². The Morgan fingerprint density at radius 3 is 1.93 bits per heavy atom. The number of carboxylic acid groups (broad SMARTS) is 1. The maximum atomic E-state index is 12.8. The third-order valence-corrected chi connectivity index (χ3v) is 7.59. The van der Waals surface area contributed by atoms with Gasteiger partial charge in [0, 0.05) is 29.4 Å². The van der Waals surface area contributed by atoms with Crippen LogP contribution in [0.15, 0.2) is 132 Å². The second-order valence-corrected chi connectivity index (χ2v) is 10.5. The van der Waals surface area contributed by atoms with Crippen molar-refractivity contribution < 1.29 is 19.1 Å². The maximum Gasteiger partial charge on any atom is 0.303 e. The number of ketones is 1. The maximum absolute atomic E-state index is 12.8. The second-order valence-electron chi connectivity index (χ2n) is 10.5. The van der Waals surface area contributed by atoms with E-state index in [9.17, 15) is 9.59 Å². The van der Waals surface area contributed by atoms with Crippen molar-refractivity contribution in [2.45, 2.75) is 25.7 Å². The molecule has 5 aromatic carbocycles. The first-order valence-electron chi connectivity index (χ1n) is 14.1. The molecule has 0 bridgehead atoms.